The summed E-state index contributed by atoms with van der Waals surface area (Å²) in [7, 11) is 0. The lowest BCUT2D eigenvalue weighted by Crippen LogP contribution is -2.10. The molecule has 0 fully saturated rings. The van der Waals surface area contributed by atoms with E-state index in [4.69, 9.17) is 0 Å². The van der Waals surface area contributed by atoms with Gasteiger partial charge in [-0.05, 0) is 24.6 Å². The number of unbranched alkanes of at least 4 members (excludes halogenated alkanes) is 1. The molecule has 96 valence electrons. The maximum Gasteiger partial charge on any atom is 0.167 e. The summed E-state index contributed by atoms with van der Waals surface area (Å²) >= 11 is 0. The second-order valence-corrected chi connectivity index (χ2v) is 4.80. The van der Waals surface area contributed by atoms with Gasteiger partial charge >= 0.3 is 0 Å². The number of halogens is 1. The highest BCUT2D eigenvalue weighted by Gasteiger charge is 2.18. The third-order valence-corrected chi connectivity index (χ3v) is 3.35. The fourth-order valence-electron chi connectivity index (χ4n) is 2.20. The van der Waals surface area contributed by atoms with Gasteiger partial charge in [0.1, 0.15) is 5.82 Å². The van der Waals surface area contributed by atoms with Crippen LogP contribution in [0.2, 0.25) is 0 Å². The van der Waals surface area contributed by atoms with E-state index in [1.807, 2.05) is 6.92 Å². The largest absolute Gasteiger partial charge is 0.360 e. The Morgan fingerprint density at radius 1 is 1.44 bits per heavy atom. The Labute approximate surface area is 106 Å². The molecule has 0 radical (unpaired) electrons. The molecule has 0 aliphatic carbocycles. The van der Waals surface area contributed by atoms with Crippen LogP contribution in [0.5, 0.6) is 0 Å². The van der Waals surface area contributed by atoms with Crippen LogP contribution in [0.4, 0.5) is 4.39 Å². The van der Waals surface area contributed by atoms with Crippen molar-refractivity contribution in [2.45, 2.75) is 33.1 Å². The van der Waals surface area contributed by atoms with Crippen molar-refractivity contribution in [1.29, 1.82) is 0 Å². The number of fused-ring (bicyclic) bond motifs is 1. The molecule has 0 spiro atoms. The van der Waals surface area contributed by atoms with Crippen LogP contribution < -0.4 is 0 Å². The second-order valence-electron chi connectivity index (χ2n) is 4.80. The Hall–Kier alpha value is -1.64. The molecule has 0 aliphatic rings. The van der Waals surface area contributed by atoms with E-state index in [1.165, 1.54) is 12.1 Å². The number of hydrogen-bond acceptors (Lipinski definition) is 1. The number of hydrogen-bond donors (Lipinski definition) is 1. The van der Waals surface area contributed by atoms with Gasteiger partial charge in [0.05, 0.1) is 0 Å². The van der Waals surface area contributed by atoms with Crippen molar-refractivity contribution in [3.8, 4) is 0 Å². The zero-order chi connectivity index (χ0) is 13.1. The summed E-state index contributed by atoms with van der Waals surface area (Å²) in [6, 6.07) is 4.48. The monoisotopic (exact) mass is 247 g/mol. The van der Waals surface area contributed by atoms with Crippen LogP contribution in [-0.2, 0) is 0 Å². The molecular formula is C15H18FNO. The topological polar surface area (TPSA) is 32.9 Å². The second kappa shape index (κ2) is 5.34. The lowest BCUT2D eigenvalue weighted by molar-refractivity contribution is 0.0924. The minimum absolute atomic E-state index is 0.00721. The van der Waals surface area contributed by atoms with Gasteiger partial charge in [-0.25, -0.2) is 4.39 Å². The molecule has 0 bridgehead atoms. The molecule has 0 saturated heterocycles. The molecule has 1 aromatic heterocycles. The quantitative estimate of drug-likeness (QED) is 0.784. The van der Waals surface area contributed by atoms with Gasteiger partial charge < -0.3 is 4.98 Å². The third kappa shape index (κ3) is 2.45. The molecule has 0 aliphatic heterocycles. The van der Waals surface area contributed by atoms with Crippen molar-refractivity contribution < 1.29 is 9.18 Å². The molecule has 1 atom stereocenters. The number of carbonyl (C=O) groups excluding carboxylic acids is 1. The molecule has 18 heavy (non-hydrogen) atoms. The van der Waals surface area contributed by atoms with E-state index in [2.05, 4.69) is 11.9 Å². The zero-order valence-corrected chi connectivity index (χ0v) is 10.8. The van der Waals surface area contributed by atoms with Gasteiger partial charge in [-0.2, -0.15) is 0 Å². The smallest absolute Gasteiger partial charge is 0.167 e. The van der Waals surface area contributed by atoms with Gasteiger partial charge in [0.2, 0.25) is 0 Å². The van der Waals surface area contributed by atoms with Crippen LogP contribution in [0.3, 0.4) is 0 Å². The molecule has 2 rings (SSSR count). The number of Topliss-reactive ketones (excluding diaryl/α,β-unsaturated/α-hetero) is 1. The number of ketones is 1. The highest BCUT2D eigenvalue weighted by Crippen LogP contribution is 2.23. The molecule has 1 N–H and O–H groups in total. The maximum absolute atomic E-state index is 13.2. The van der Waals surface area contributed by atoms with E-state index in [0.717, 1.165) is 24.8 Å². The normalized spacial score (nSPS) is 12.8. The Kier molecular flexibility index (Phi) is 3.80. The minimum atomic E-state index is -0.308. The number of rotatable bonds is 5. The highest BCUT2D eigenvalue weighted by molar-refractivity contribution is 6.08. The third-order valence-electron chi connectivity index (χ3n) is 3.35. The predicted octanol–water partition coefficient (Wildman–Crippen LogP) is 4.32. The van der Waals surface area contributed by atoms with Gasteiger partial charge in [-0.3, -0.25) is 4.79 Å². The van der Waals surface area contributed by atoms with E-state index in [-0.39, 0.29) is 17.5 Å². The molecule has 1 aromatic carbocycles. The number of benzene rings is 1. The van der Waals surface area contributed by atoms with E-state index in [9.17, 15) is 9.18 Å². The van der Waals surface area contributed by atoms with Gasteiger partial charge in [0.25, 0.3) is 0 Å². The van der Waals surface area contributed by atoms with Gasteiger partial charge in [-0.15, -0.1) is 0 Å². The minimum Gasteiger partial charge on any atom is -0.360 e. The molecule has 2 aromatic rings. The van der Waals surface area contributed by atoms with Crippen LogP contribution in [0.25, 0.3) is 10.9 Å². The summed E-state index contributed by atoms with van der Waals surface area (Å²) in [4.78, 5) is 15.3. The first-order valence-electron chi connectivity index (χ1n) is 6.44. The van der Waals surface area contributed by atoms with E-state index in [0.29, 0.717) is 10.9 Å². The number of aromatic amines is 1. The predicted molar refractivity (Wildman–Crippen MR) is 71.3 cm³/mol. The van der Waals surface area contributed by atoms with E-state index >= 15 is 0 Å². The summed E-state index contributed by atoms with van der Waals surface area (Å²) in [5, 5.41) is 0.684. The van der Waals surface area contributed by atoms with Gasteiger partial charge in [0.15, 0.2) is 5.78 Å². The molecule has 3 heteroatoms. The Morgan fingerprint density at radius 3 is 2.94 bits per heavy atom. The standard InChI is InChI=1S/C15H18FNO/c1-3-4-5-10(2)15(18)13-9-17-14-7-6-11(16)8-12(13)14/h6-10,17H,3-5H2,1-2H3. The van der Waals surface area contributed by atoms with Crippen LogP contribution in [0.15, 0.2) is 24.4 Å². The molecular weight excluding hydrogens is 229 g/mol. The molecule has 0 saturated carbocycles. The lowest BCUT2D eigenvalue weighted by atomic mass is 9.94. The summed E-state index contributed by atoms with van der Waals surface area (Å²) < 4.78 is 13.2. The number of carbonyl (C=O) groups is 1. The van der Waals surface area contributed by atoms with Crippen molar-refractivity contribution in [2.75, 3.05) is 0 Å². The van der Waals surface area contributed by atoms with Crippen molar-refractivity contribution in [1.82, 2.24) is 4.98 Å². The molecule has 0 amide bonds. The molecule has 1 heterocycles. The molecule has 1 unspecified atom stereocenters. The fourth-order valence-corrected chi connectivity index (χ4v) is 2.20. The first kappa shape index (κ1) is 12.8. The summed E-state index contributed by atoms with van der Waals surface area (Å²) in [5.41, 5.74) is 1.41. The number of H-pyrrole nitrogens is 1. The Balaban J connectivity index is 2.30. The van der Waals surface area contributed by atoms with Crippen molar-refractivity contribution in [2.24, 2.45) is 5.92 Å². The first-order chi connectivity index (χ1) is 8.63. The zero-order valence-electron chi connectivity index (χ0n) is 10.8. The number of aromatic nitrogens is 1. The van der Waals surface area contributed by atoms with E-state index < -0.39 is 0 Å². The van der Waals surface area contributed by atoms with Crippen molar-refractivity contribution >= 4 is 16.7 Å². The van der Waals surface area contributed by atoms with E-state index in [1.54, 1.807) is 12.3 Å². The average molecular weight is 247 g/mol. The van der Waals surface area contributed by atoms with Crippen LogP contribution in [-0.4, -0.2) is 10.8 Å². The first-order valence-corrected chi connectivity index (χ1v) is 6.44. The van der Waals surface area contributed by atoms with Crippen LogP contribution >= 0.6 is 0 Å². The number of nitrogens with one attached hydrogen (secondary N) is 1. The SMILES string of the molecule is CCCCC(C)C(=O)c1c[nH]c2ccc(F)cc12. The van der Waals surface area contributed by atoms with Gasteiger partial charge in [-0.1, -0.05) is 26.7 Å². The summed E-state index contributed by atoms with van der Waals surface area (Å²) in [6.07, 6.45) is 4.70. The molecule has 2 nitrogen and oxygen atoms in total. The van der Waals surface area contributed by atoms with Gasteiger partial charge in [0, 0.05) is 28.6 Å². The lowest BCUT2D eigenvalue weighted by Gasteiger charge is -2.08. The van der Waals surface area contributed by atoms with Crippen molar-refractivity contribution in [3.05, 3.63) is 35.8 Å². The summed E-state index contributed by atoms with van der Waals surface area (Å²) in [5.74, 6) is -0.218. The van der Waals surface area contributed by atoms with Crippen LogP contribution in [0, 0.1) is 11.7 Å². The van der Waals surface area contributed by atoms with Crippen molar-refractivity contribution in [3.63, 3.8) is 0 Å². The highest BCUT2D eigenvalue weighted by atomic mass is 19.1. The Bertz CT molecular complexity index is 559. The maximum atomic E-state index is 13.2. The van der Waals surface area contributed by atoms with Crippen LogP contribution in [0.1, 0.15) is 43.5 Å². The Morgan fingerprint density at radius 2 is 2.22 bits per heavy atom. The fraction of sp³-hybridized carbons (Fsp3) is 0.400. The average Bonchev–Trinajstić information content (AvgIpc) is 2.77. The summed E-state index contributed by atoms with van der Waals surface area (Å²) in [6.45, 7) is 4.05.